The first kappa shape index (κ1) is 17.6. The molecule has 0 saturated carbocycles. The maximum absolute atomic E-state index is 12.6. The Morgan fingerprint density at radius 2 is 2.32 bits per heavy atom. The van der Waals surface area contributed by atoms with Crippen molar-refractivity contribution in [3.63, 3.8) is 0 Å². The van der Waals surface area contributed by atoms with E-state index in [0.717, 1.165) is 18.5 Å². The van der Waals surface area contributed by atoms with E-state index >= 15 is 0 Å². The summed E-state index contributed by atoms with van der Waals surface area (Å²) in [5.74, 6) is 1.06. The Hall–Kier alpha value is -2.19. The van der Waals surface area contributed by atoms with Crippen LogP contribution in [0.3, 0.4) is 0 Å². The Morgan fingerprint density at radius 1 is 1.48 bits per heavy atom. The average molecular weight is 347 g/mol. The molecule has 136 valence electrons. The molecule has 25 heavy (non-hydrogen) atoms. The number of hydrogen-bond donors (Lipinski definition) is 1. The summed E-state index contributed by atoms with van der Waals surface area (Å²) in [6.07, 6.45) is 4.57. The molecule has 3 heterocycles. The van der Waals surface area contributed by atoms with Crippen LogP contribution in [0.1, 0.15) is 24.7 Å². The topological polar surface area (TPSA) is 85.4 Å². The predicted octanol–water partition coefficient (Wildman–Crippen LogP) is 1.61. The van der Waals surface area contributed by atoms with Gasteiger partial charge in [-0.2, -0.15) is 5.10 Å². The van der Waals surface area contributed by atoms with Crippen LogP contribution >= 0.6 is 0 Å². The molecule has 8 nitrogen and oxygen atoms in total. The van der Waals surface area contributed by atoms with Gasteiger partial charge in [-0.05, 0) is 25.8 Å². The van der Waals surface area contributed by atoms with Crippen LogP contribution in [-0.4, -0.2) is 57.6 Å². The minimum Gasteiger partial charge on any atom is -0.374 e. The molecule has 3 rings (SSSR count). The lowest BCUT2D eigenvalue weighted by atomic mass is 10.1. The molecule has 2 aromatic rings. The molecule has 1 fully saturated rings. The van der Waals surface area contributed by atoms with Gasteiger partial charge in [-0.1, -0.05) is 12.1 Å². The summed E-state index contributed by atoms with van der Waals surface area (Å²) in [6, 6.07) is 1.50. The van der Waals surface area contributed by atoms with Crippen LogP contribution in [-0.2, 0) is 16.1 Å². The molecule has 0 radical (unpaired) electrons. The molecule has 2 atom stereocenters. The van der Waals surface area contributed by atoms with E-state index in [-0.39, 0.29) is 18.1 Å². The zero-order chi connectivity index (χ0) is 17.8. The highest BCUT2D eigenvalue weighted by atomic mass is 16.5. The number of hydrogen-bond acceptors (Lipinski definition) is 6. The summed E-state index contributed by atoms with van der Waals surface area (Å²) < 4.78 is 12.7. The van der Waals surface area contributed by atoms with Crippen molar-refractivity contribution in [1.29, 1.82) is 0 Å². The van der Waals surface area contributed by atoms with Crippen molar-refractivity contribution in [2.75, 3.05) is 25.0 Å². The van der Waals surface area contributed by atoms with Gasteiger partial charge in [0, 0.05) is 25.4 Å². The van der Waals surface area contributed by atoms with Crippen molar-refractivity contribution in [2.45, 2.75) is 45.9 Å². The SMILES string of the molecule is CC[C@H](C(=O)Nc1cc(C)on1)N1CCO[C@H](Cn2cc(C)cn2)C1. The molecule has 0 spiro atoms. The zero-order valence-electron chi connectivity index (χ0n) is 14.9. The number of carbonyl (C=O) groups is 1. The van der Waals surface area contributed by atoms with Crippen LogP contribution in [0.4, 0.5) is 5.82 Å². The van der Waals surface area contributed by atoms with Crippen molar-refractivity contribution in [3.05, 3.63) is 29.8 Å². The highest BCUT2D eigenvalue weighted by Gasteiger charge is 2.30. The first-order valence-corrected chi connectivity index (χ1v) is 8.64. The van der Waals surface area contributed by atoms with Crippen LogP contribution in [0.5, 0.6) is 0 Å². The molecular formula is C17H25N5O3. The van der Waals surface area contributed by atoms with E-state index in [2.05, 4.69) is 20.5 Å². The number of nitrogens with zero attached hydrogens (tertiary/aromatic N) is 4. The third kappa shape index (κ3) is 4.46. The second kappa shape index (κ2) is 7.79. The highest BCUT2D eigenvalue weighted by Crippen LogP contribution is 2.16. The fourth-order valence-corrected chi connectivity index (χ4v) is 3.16. The molecule has 0 bridgehead atoms. The standard InChI is InChI=1S/C17H25N5O3/c1-4-15(17(23)19-16-7-13(3)25-20-16)21-5-6-24-14(10-21)11-22-9-12(2)8-18-22/h7-9,14-15H,4-6,10-11H2,1-3H3,(H,19,20,23)/t14-,15+/m0/s1. The number of morpholine rings is 1. The number of carbonyl (C=O) groups excluding carboxylic acids is 1. The molecule has 0 aliphatic carbocycles. The summed E-state index contributed by atoms with van der Waals surface area (Å²) in [5, 5.41) is 11.0. The summed E-state index contributed by atoms with van der Waals surface area (Å²) in [4.78, 5) is 14.8. The van der Waals surface area contributed by atoms with Gasteiger partial charge in [-0.3, -0.25) is 14.4 Å². The first-order chi connectivity index (χ1) is 12.0. The lowest BCUT2D eigenvalue weighted by molar-refractivity contribution is -0.125. The molecule has 1 saturated heterocycles. The average Bonchev–Trinajstić information content (AvgIpc) is 3.17. The maximum Gasteiger partial charge on any atom is 0.242 e. The second-order valence-electron chi connectivity index (χ2n) is 6.46. The number of anilines is 1. The van der Waals surface area contributed by atoms with Crippen LogP contribution in [0.15, 0.2) is 23.0 Å². The van der Waals surface area contributed by atoms with E-state index in [0.29, 0.717) is 31.3 Å². The minimum atomic E-state index is -0.220. The first-order valence-electron chi connectivity index (χ1n) is 8.64. The number of rotatable bonds is 6. The lowest BCUT2D eigenvalue weighted by Gasteiger charge is -2.37. The van der Waals surface area contributed by atoms with Crippen LogP contribution in [0.2, 0.25) is 0 Å². The fourth-order valence-electron chi connectivity index (χ4n) is 3.16. The number of aromatic nitrogens is 3. The van der Waals surface area contributed by atoms with Crippen molar-refractivity contribution >= 4 is 11.7 Å². The van der Waals surface area contributed by atoms with Crippen molar-refractivity contribution in [1.82, 2.24) is 19.8 Å². The summed E-state index contributed by atoms with van der Waals surface area (Å²) in [6.45, 7) is 8.55. The molecule has 8 heteroatoms. The summed E-state index contributed by atoms with van der Waals surface area (Å²) in [7, 11) is 0. The van der Waals surface area contributed by atoms with Crippen LogP contribution in [0, 0.1) is 13.8 Å². The van der Waals surface area contributed by atoms with Gasteiger partial charge in [0.25, 0.3) is 0 Å². The highest BCUT2D eigenvalue weighted by molar-refractivity contribution is 5.94. The quantitative estimate of drug-likeness (QED) is 0.854. The minimum absolute atomic E-state index is 0.0178. The molecule has 0 aromatic carbocycles. The van der Waals surface area contributed by atoms with Gasteiger partial charge in [0.15, 0.2) is 5.82 Å². The van der Waals surface area contributed by atoms with Crippen molar-refractivity contribution < 1.29 is 14.1 Å². The van der Waals surface area contributed by atoms with Crippen molar-refractivity contribution in [3.8, 4) is 0 Å². The molecule has 1 N–H and O–H groups in total. The Labute approximate surface area is 147 Å². The van der Waals surface area contributed by atoms with E-state index in [1.54, 1.807) is 13.0 Å². The summed E-state index contributed by atoms with van der Waals surface area (Å²) in [5.41, 5.74) is 1.13. The normalized spacial score (nSPS) is 19.7. The second-order valence-corrected chi connectivity index (χ2v) is 6.46. The third-order valence-electron chi connectivity index (χ3n) is 4.33. The number of ether oxygens (including phenoxy) is 1. The van der Waals surface area contributed by atoms with Gasteiger partial charge >= 0.3 is 0 Å². The maximum atomic E-state index is 12.6. The Morgan fingerprint density at radius 3 is 2.96 bits per heavy atom. The third-order valence-corrected chi connectivity index (χ3v) is 4.33. The molecular weight excluding hydrogens is 322 g/mol. The Kier molecular flexibility index (Phi) is 5.50. The van der Waals surface area contributed by atoms with E-state index in [9.17, 15) is 4.79 Å². The van der Waals surface area contributed by atoms with Gasteiger partial charge in [-0.15, -0.1) is 0 Å². The zero-order valence-corrected chi connectivity index (χ0v) is 14.9. The number of aryl methyl sites for hydroxylation is 2. The molecule has 1 amide bonds. The van der Waals surface area contributed by atoms with Crippen molar-refractivity contribution in [2.24, 2.45) is 0 Å². The predicted molar refractivity (Wildman–Crippen MR) is 92.2 cm³/mol. The fraction of sp³-hybridized carbons (Fsp3) is 0.588. The monoisotopic (exact) mass is 347 g/mol. The number of amides is 1. The van der Waals surface area contributed by atoms with Gasteiger partial charge in [0.05, 0.1) is 31.5 Å². The summed E-state index contributed by atoms with van der Waals surface area (Å²) >= 11 is 0. The van der Waals surface area contributed by atoms with E-state index in [4.69, 9.17) is 9.26 Å². The smallest absolute Gasteiger partial charge is 0.242 e. The van der Waals surface area contributed by atoms with E-state index in [1.165, 1.54) is 0 Å². The molecule has 2 aromatic heterocycles. The molecule has 1 aliphatic heterocycles. The van der Waals surface area contributed by atoms with Gasteiger partial charge in [-0.25, -0.2) is 0 Å². The van der Waals surface area contributed by atoms with Crippen LogP contribution < -0.4 is 5.32 Å². The van der Waals surface area contributed by atoms with Gasteiger partial charge in [0.2, 0.25) is 5.91 Å². The van der Waals surface area contributed by atoms with E-state index in [1.807, 2.05) is 30.9 Å². The lowest BCUT2D eigenvalue weighted by Crippen LogP contribution is -2.52. The van der Waals surface area contributed by atoms with E-state index < -0.39 is 0 Å². The molecule has 0 unspecified atom stereocenters. The number of nitrogens with one attached hydrogen (secondary N) is 1. The van der Waals surface area contributed by atoms with Crippen LogP contribution in [0.25, 0.3) is 0 Å². The largest absolute Gasteiger partial charge is 0.374 e. The van der Waals surface area contributed by atoms with Gasteiger partial charge in [0.1, 0.15) is 5.76 Å². The van der Waals surface area contributed by atoms with Gasteiger partial charge < -0.3 is 14.6 Å². The Bertz CT molecular complexity index is 711. The Balaban J connectivity index is 1.60. The molecule has 1 aliphatic rings.